The molecule has 0 aromatic rings. The molecule has 0 saturated heterocycles. The van der Waals surface area contributed by atoms with Crippen molar-refractivity contribution in [2.75, 3.05) is 6.54 Å². The Bertz CT molecular complexity index is 166. The highest BCUT2D eigenvalue weighted by Gasteiger charge is 2.16. The smallest absolute Gasteiger partial charge is 0.444 e. The lowest BCUT2D eigenvalue weighted by atomic mass is 9.87. The zero-order valence-corrected chi connectivity index (χ0v) is 8.20. The van der Waals surface area contributed by atoms with Gasteiger partial charge in [0, 0.05) is 6.54 Å². The van der Waals surface area contributed by atoms with Gasteiger partial charge in [0.05, 0.1) is 0 Å². The van der Waals surface area contributed by atoms with Crippen molar-refractivity contribution >= 4 is 13.2 Å². The predicted octanol–water partition coefficient (Wildman–Crippen LogP) is -0.0161. The highest BCUT2D eigenvalue weighted by Crippen LogP contribution is 2.06. The van der Waals surface area contributed by atoms with Crippen LogP contribution in [0.25, 0.3) is 0 Å². The zero-order chi connectivity index (χ0) is 10.5. The molecular formula is C7H16BNO4. The van der Waals surface area contributed by atoms with Crippen LogP contribution in [0.3, 0.4) is 0 Å². The summed E-state index contributed by atoms with van der Waals surface area (Å²) >= 11 is 0. The van der Waals surface area contributed by atoms with Crippen molar-refractivity contribution in [1.29, 1.82) is 0 Å². The Morgan fingerprint density at radius 1 is 1.46 bits per heavy atom. The number of hydrogen-bond acceptors (Lipinski definition) is 4. The van der Waals surface area contributed by atoms with E-state index >= 15 is 0 Å². The SMILES string of the molecule is CC(C)(C)OC(=O)NCCB(O)O. The first-order valence-corrected chi connectivity index (χ1v) is 4.14. The predicted molar refractivity (Wildman–Crippen MR) is 49.2 cm³/mol. The van der Waals surface area contributed by atoms with Crippen LogP contribution in [0.15, 0.2) is 0 Å². The van der Waals surface area contributed by atoms with Crippen LogP contribution in [-0.2, 0) is 4.74 Å². The lowest BCUT2D eigenvalue weighted by Gasteiger charge is -2.19. The van der Waals surface area contributed by atoms with Crippen LogP contribution in [0.4, 0.5) is 4.79 Å². The van der Waals surface area contributed by atoms with Gasteiger partial charge in [-0.25, -0.2) is 4.79 Å². The fraction of sp³-hybridized carbons (Fsp3) is 0.857. The van der Waals surface area contributed by atoms with Crippen LogP contribution in [0.2, 0.25) is 6.32 Å². The Morgan fingerprint density at radius 2 is 2.00 bits per heavy atom. The van der Waals surface area contributed by atoms with E-state index in [-0.39, 0.29) is 12.9 Å². The average Bonchev–Trinajstić information content (AvgIpc) is 1.81. The Morgan fingerprint density at radius 3 is 2.38 bits per heavy atom. The number of nitrogens with one attached hydrogen (secondary N) is 1. The third kappa shape index (κ3) is 9.17. The fourth-order valence-corrected chi connectivity index (χ4v) is 0.618. The lowest BCUT2D eigenvalue weighted by molar-refractivity contribution is 0.0530. The maximum Gasteiger partial charge on any atom is 0.453 e. The van der Waals surface area contributed by atoms with Crippen molar-refractivity contribution in [3.05, 3.63) is 0 Å². The summed E-state index contributed by atoms with van der Waals surface area (Å²) in [5.41, 5.74) is -0.526. The third-order valence-electron chi connectivity index (χ3n) is 1.07. The number of alkyl carbamates (subject to hydrolysis) is 1. The molecule has 0 radical (unpaired) electrons. The molecule has 0 aromatic carbocycles. The van der Waals surface area contributed by atoms with Gasteiger partial charge in [-0.15, -0.1) is 0 Å². The zero-order valence-electron chi connectivity index (χ0n) is 8.20. The molecule has 0 heterocycles. The minimum absolute atomic E-state index is 0.0965. The molecule has 3 N–H and O–H groups in total. The second-order valence-corrected chi connectivity index (χ2v) is 3.70. The van der Waals surface area contributed by atoms with Gasteiger partial charge in [-0.3, -0.25) is 0 Å². The van der Waals surface area contributed by atoms with Crippen molar-refractivity contribution < 1.29 is 19.6 Å². The van der Waals surface area contributed by atoms with Crippen LogP contribution >= 0.6 is 0 Å². The van der Waals surface area contributed by atoms with E-state index < -0.39 is 18.8 Å². The Hall–Kier alpha value is -0.745. The monoisotopic (exact) mass is 189 g/mol. The molecule has 0 atom stereocenters. The molecule has 13 heavy (non-hydrogen) atoms. The molecule has 0 aliphatic heterocycles. The maximum absolute atomic E-state index is 10.9. The van der Waals surface area contributed by atoms with Gasteiger partial charge in [-0.05, 0) is 27.1 Å². The fourth-order valence-electron chi connectivity index (χ4n) is 0.618. The van der Waals surface area contributed by atoms with Crippen molar-refractivity contribution in [3.8, 4) is 0 Å². The number of carbonyl (C=O) groups excluding carboxylic acids is 1. The summed E-state index contributed by atoms with van der Waals surface area (Å²) in [6, 6.07) is 0. The van der Waals surface area contributed by atoms with Crippen molar-refractivity contribution in [2.45, 2.75) is 32.7 Å². The number of carbonyl (C=O) groups is 1. The normalized spacial score (nSPS) is 10.8. The molecule has 0 bridgehead atoms. The minimum atomic E-state index is -1.39. The molecule has 5 nitrogen and oxygen atoms in total. The third-order valence-corrected chi connectivity index (χ3v) is 1.07. The molecule has 6 heteroatoms. The first kappa shape index (κ1) is 12.3. The van der Waals surface area contributed by atoms with E-state index in [1.54, 1.807) is 20.8 Å². The molecule has 0 spiro atoms. The van der Waals surface area contributed by atoms with Gasteiger partial charge < -0.3 is 20.1 Å². The molecular weight excluding hydrogens is 173 g/mol. The molecule has 0 aliphatic carbocycles. The molecule has 0 aliphatic rings. The van der Waals surface area contributed by atoms with E-state index in [9.17, 15) is 4.79 Å². The van der Waals surface area contributed by atoms with Gasteiger partial charge in [0.2, 0.25) is 0 Å². The molecule has 0 saturated carbocycles. The van der Waals surface area contributed by atoms with E-state index in [0.717, 1.165) is 0 Å². The highest BCUT2D eigenvalue weighted by molar-refractivity contribution is 6.41. The summed E-state index contributed by atoms with van der Waals surface area (Å²) in [4.78, 5) is 10.9. The van der Waals surface area contributed by atoms with Crippen LogP contribution in [0.5, 0.6) is 0 Å². The van der Waals surface area contributed by atoms with E-state index in [0.29, 0.717) is 0 Å². The lowest BCUT2D eigenvalue weighted by Crippen LogP contribution is -2.34. The number of hydrogen-bond donors (Lipinski definition) is 3. The molecule has 0 aromatic heterocycles. The Labute approximate surface area is 78.2 Å². The van der Waals surface area contributed by atoms with Crippen LogP contribution in [0, 0.1) is 0 Å². The minimum Gasteiger partial charge on any atom is -0.444 e. The van der Waals surface area contributed by atoms with E-state index in [1.165, 1.54) is 0 Å². The van der Waals surface area contributed by atoms with Gasteiger partial charge in [0.25, 0.3) is 0 Å². The van der Waals surface area contributed by atoms with E-state index in [2.05, 4.69) is 5.32 Å². The summed E-state index contributed by atoms with van der Waals surface area (Å²) in [7, 11) is -1.39. The second kappa shape index (κ2) is 5.09. The largest absolute Gasteiger partial charge is 0.453 e. The number of ether oxygens (including phenoxy) is 1. The van der Waals surface area contributed by atoms with Gasteiger partial charge in [-0.1, -0.05) is 0 Å². The summed E-state index contributed by atoms with van der Waals surface area (Å²) in [5, 5.41) is 19.3. The molecule has 0 fully saturated rings. The van der Waals surface area contributed by atoms with Gasteiger partial charge >= 0.3 is 13.2 Å². The van der Waals surface area contributed by atoms with Gasteiger partial charge in [-0.2, -0.15) is 0 Å². The van der Waals surface area contributed by atoms with Crippen LogP contribution in [0.1, 0.15) is 20.8 Å². The van der Waals surface area contributed by atoms with E-state index in [1.807, 2.05) is 0 Å². The average molecular weight is 189 g/mol. The van der Waals surface area contributed by atoms with Gasteiger partial charge in [0.15, 0.2) is 0 Å². The first-order valence-electron chi connectivity index (χ1n) is 4.14. The molecule has 0 rings (SSSR count). The van der Waals surface area contributed by atoms with Crippen molar-refractivity contribution in [2.24, 2.45) is 0 Å². The number of amides is 1. The summed E-state index contributed by atoms with van der Waals surface area (Å²) in [5.74, 6) is 0. The highest BCUT2D eigenvalue weighted by atomic mass is 16.6. The Kier molecular flexibility index (Phi) is 4.79. The quantitative estimate of drug-likeness (QED) is 0.545. The first-order chi connectivity index (χ1) is 5.81. The maximum atomic E-state index is 10.9. The van der Waals surface area contributed by atoms with Crippen molar-refractivity contribution in [1.82, 2.24) is 5.32 Å². The molecule has 76 valence electrons. The van der Waals surface area contributed by atoms with Gasteiger partial charge in [0.1, 0.15) is 5.60 Å². The summed E-state index contributed by atoms with van der Waals surface area (Å²) in [6.07, 6.45) is -0.452. The van der Waals surface area contributed by atoms with E-state index in [4.69, 9.17) is 14.8 Å². The van der Waals surface area contributed by atoms with Crippen molar-refractivity contribution in [3.63, 3.8) is 0 Å². The standard InChI is InChI=1S/C7H16BNO4/c1-7(2,3)13-6(10)9-5-4-8(11)12/h11-12H,4-5H2,1-3H3,(H,9,10). The second-order valence-electron chi connectivity index (χ2n) is 3.70. The molecule has 0 unspecified atom stereocenters. The summed E-state index contributed by atoms with van der Waals surface area (Å²) < 4.78 is 4.91. The Balaban J connectivity index is 3.53. The topological polar surface area (TPSA) is 78.8 Å². The summed E-state index contributed by atoms with van der Waals surface area (Å²) in [6.45, 7) is 5.46. The van der Waals surface area contributed by atoms with Crippen LogP contribution < -0.4 is 5.32 Å². The number of rotatable bonds is 3. The van der Waals surface area contributed by atoms with Crippen LogP contribution in [-0.4, -0.2) is 35.4 Å². The molecule has 1 amide bonds.